The third-order valence-corrected chi connectivity index (χ3v) is 27.4. The molecule has 0 N–H and O–H groups in total. The van der Waals surface area contributed by atoms with Crippen molar-refractivity contribution in [1.82, 2.24) is 0 Å². The standard InChI is InChI=1S/C46H66O5Si3.C21H24O3.3CH4.H2/c1-8-9-37-52(4,5)50-54(44-24-18-16-19-25-44,45-26-20-17-21-27-45)51-53(6,7)38-23-15-13-11-10-12-14-22-28-46(40-29-33-42(48-3)34-30-40)41-31-35-43(36-32-41)49-39(2)47;1-16(22)24-20-12-8-18(9-13-20)21(14-4-3-5-15-21)17-6-10-19(23-2)11-7-17;;;;/h16-21,24-27,29-36,46H,8-15,22-23,28,37-38H2,1-7H3;6-13H,3-5,14-15H2,1-2H3;3*1H4;1H. The van der Waals surface area contributed by atoms with E-state index < -0.39 is 25.2 Å². The molecule has 1 saturated carbocycles. The predicted octanol–water partition coefficient (Wildman–Crippen LogP) is 18.8. The lowest BCUT2D eigenvalue weighted by Crippen LogP contribution is -2.70. The molecule has 11 heteroatoms. The third kappa shape index (κ3) is 21.3. The van der Waals surface area contributed by atoms with Crippen molar-refractivity contribution in [3.8, 4) is 23.0 Å². The molecule has 0 aliphatic heterocycles. The summed E-state index contributed by atoms with van der Waals surface area (Å²) >= 11 is 0. The number of esters is 2. The molecule has 8 nitrogen and oxygen atoms in total. The van der Waals surface area contributed by atoms with Crippen LogP contribution in [-0.2, 0) is 23.2 Å². The van der Waals surface area contributed by atoms with Gasteiger partial charge in [-0.05, 0) is 139 Å². The summed E-state index contributed by atoms with van der Waals surface area (Å²) in [4.78, 5) is 22.5. The second-order valence-corrected chi connectivity index (χ2v) is 34.6. The van der Waals surface area contributed by atoms with Gasteiger partial charge < -0.3 is 27.2 Å². The van der Waals surface area contributed by atoms with Crippen LogP contribution in [0.15, 0.2) is 158 Å². The number of ether oxygens (including phenoxy) is 4. The first-order chi connectivity index (χ1) is 37.6. The molecule has 0 radical (unpaired) electrons. The quantitative estimate of drug-likeness (QED) is 0.0208. The number of carbonyl (C=O) groups is 2. The maximum Gasteiger partial charge on any atom is 0.386 e. The number of benzene rings is 6. The van der Waals surface area contributed by atoms with E-state index in [4.69, 9.17) is 27.2 Å². The average molecular weight is 1160 g/mol. The van der Waals surface area contributed by atoms with Crippen molar-refractivity contribution in [2.75, 3.05) is 14.2 Å². The largest absolute Gasteiger partial charge is 0.497 e. The zero-order chi connectivity index (χ0) is 55.9. The van der Waals surface area contributed by atoms with Crippen LogP contribution in [0.1, 0.15) is 175 Å². The van der Waals surface area contributed by atoms with Crippen LogP contribution in [0.2, 0.25) is 38.3 Å². The summed E-state index contributed by atoms with van der Waals surface area (Å²) in [6.45, 7) is 14.7. The molecule has 0 saturated heterocycles. The van der Waals surface area contributed by atoms with Crippen molar-refractivity contribution >= 4 is 47.5 Å². The molecule has 7 rings (SSSR count). The summed E-state index contributed by atoms with van der Waals surface area (Å²) in [5, 5.41) is 2.47. The second-order valence-electron chi connectivity index (χ2n) is 22.5. The van der Waals surface area contributed by atoms with Crippen LogP contribution in [0, 0.1) is 0 Å². The molecule has 1 atom stereocenters. The minimum atomic E-state index is -2.93. The molecule has 0 heterocycles. The number of rotatable bonds is 28. The minimum absolute atomic E-state index is 0. The summed E-state index contributed by atoms with van der Waals surface area (Å²) in [7, 11) is -3.61. The van der Waals surface area contributed by atoms with Gasteiger partial charge in [-0.1, -0.05) is 222 Å². The maximum atomic E-state index is 11.4. The van der Waals surface area contributed by atoms with E-state index in [1.165, 1.54) is 130 Å². The highest BCUT2D eigenvalue weighted by molar-refractivity contribution is 7.02. The van der Waals surface area contributed by atoms with Crippen molar-refractivity contribution in [1.29, 1.82) is 0 Å². The average Bonchev–Trinajstić information content (AvgIpc) is 3.61. The molecular formula is C70H104O8Si3. The van der Waals surface area contributed by atoms with Crippen LogP contribution >= 0.6 is 0 Å². The molecule has 0 bridgehead atoms. The molecule has 1 fully saturated rings. The lowest BCUT2D eigenvalue weighted by molar-refractivity contribution is -0.132. The van der Waals surface area contributed by atoms with E-state index in [1.54, 1.807) is 14.2 Å². The van der Waals surface area contributed by atoms with Gasteiger partial charge in [0, 0.05) is 26.6 Å². The van der Waals surface area contributed by atoms with E-state index >= 15 is 0 Å². The molecule has 81 heavy (non-hydrogen) atoms. The topological polar surface area (TPSA) is 89.5 Å². The first-order valence-corrected chi connectivity index (χ1v) is 37.0. The molecular weight excluding hydrogens is 1050 g/mol. The Hall–Kier alpha value is -5.57. The Morgan fingerprint density at radius 3 is 1.22 bits per heavy atom. The van der Waals surface area contributed by atoms with Gasteiger partial charge in [0.15, 0.2) is 16.6 Å². The van der Waals surface area contributed by atoms with Gasteiger partial charge in [0.1, 0.15) is 23.0 Å². The first kappa shape index (κ1) is 69.7. The number of methoxy groups -OCH3 is 2. The molecule has 6 aromatic rings. The van der Waals surface area contributed by atoms with Crippen molar-refractivity contribution in [2.45, 2.75) is 195 Å². The molecule has 444 valence electrons. The molecule has 0 aromatic heterocycles. The second kappa shape index (κ2) is 34.8. The van der Waals surface area contributed by atoms with Gasteiger partial charge in [0.2, 0.25) is 0 Å². The first-order valence-electron chi connectivity index (χ1n) is 29.0. The summed E-state index contributed by atoms with van der Waals surface area (Å²) < 4.78 is 36.2. The number of unbranched alkanes of at least 4 members (excludes halogenated alkanes) is 8. The molecule has 0 spiro atoms. The van der Waals surface area contributed by atoms with Crippen molar-refractivity contribution in [2.24, 2.45) is 0 Å². The number of hydrogen-bond donors (Lipinski definition) is 0. The Kier molecular flexibility index (Phi) is 29.9. The van der Waals surface area contributed by atoms with Crippen LogP contribution in [0.4, 0.5) is 0 Å². The van der Waals surface area contributed by atoms with E-state index in [1.807, 2.05) is 48.5 Å². The van der Waals surface area contributed by atoms with Crippen molar-refractivity contribution < 1.29 is 38.2 Å². The SMILES string of the molecule is C.C.C.CCCC[Si](C)(C)O[Si](O[Si](C)(C)CCCCCCCCCCC(c1ccc(OC)cc1)c1ccc(OC(C)=O)cc1)(c1ccccc1)c1ccccc1.COc1ccc(C2(c3ccc(OC(C)=O)cc3)CCCCC2)cc1.[HH]. The molecule has 1 aliphatic carbocycles. The lowest BCUT2D eigenvalue weighted by atomic mass is 9.65. The lowest BCUT2D eigenvalue weighted by Gasteiger charge is -2.43. The number of hydrogen-bond acceptors (Lipinski definition) is 8. The zero-order valence-corrected chi connectivity index (χ0v) is 51.6. The Morgan fingerprint density at radius 1 is 0.469 bits per heavy atom. The monoisotopic (exact) mass is 1160 g/mol. The Balaban J connectivity index is 0.000000687. The van der Waals surface area contributed by atoms with Gasteiger partial charge in [0.05, 0.1) is 14.2 Å². The highest BCUT2D eigenvalue weighted by atomic mass is 28.5. The third-order valence-electron chi connectivity index (χ3n) is 15.4. The van der Waals surface area contributed by atoms with Gasteiger partial charge in [-0.15, -0.1) is 0 Å². The summed E-state index contributed by atoms with van der Waals surface area (Å²) in [5.74, 6) is 2.65. The van der Waals surface area contributed by atoms with Gasteiger partial charge in [0.25, 0.3) is 0 Å². The molecule has 1 unspecified atom stereocenters. The van der Waals surface area contributed by atoms with Gasteiger partial charge in [-0.25, -0.2) is 0 Å². The van der Waals surface area contributed by atoms with Crippen LogP contribution < -0.4 is 29.3 Å². The zero-order valence-electron chi connectivity index (χ0n) is 48.6. The fourth-order valence-corrected chi connectivity index (χ4v) is 24.7. The van der Waals surface area contributed by atoms with Gasteiger partial charge >= 0.3 is 20.5 Å². The molecule has 6 aromatic carbocycles. The Bertz CT molecular complexity index is 2640. The van der Waals surface area contributed by atoms with E-state index in [-0.39, 0.29) is 47.0 Å². The highest BCUT2D eigenvalue weighted by Gasteiger charge is 2.50. The molecule has 0 amide bonds. The van der Waals surface area contributed by atoms with Crippen LogP contribution in [-0.4, -0.2) is 51.4 Å². The summed E-state index contributed by atoms with van der Waals surface area (Å²) in [6.07, 6.45) is 19.5. The predicted molar refractivity (Wildman–Crippen MR) is 351 cm³/mol. The smallest absolute Gasteiger partial charge is 0.386 e. The summed E-state index contributed by atoms with van der Waals surface area (Å²) in [5.41, 5.74) is 5.20. The molecule has 1 aliphatic rings. The summed E-state index contributed by atoms with van der Waals surface area (Å²) in [6, 6.07) is 57.0. The van der Waals surface area contributed by atoms with E-state index in [0.29, 0.717) is 11.5 Å². The van der Waals surface area contributed by atoms with Crippen LogP contribution in [0.5, 0.6) is 23.0 Å². The van der Waals surface area contributed by atoms with Gasteiger partial charge in [-0.3, -0.25) is 9.59 Å². The fraction of sp³-hybridized carbons (Fsp3) is 0.457. The van der Waals surface area contributed by atoms with E-state index in [0.717, 1.165) is 42.8 Å². The van der Waals surface area contributed by atoms with Crippen molar-refractivity contribution in [3.63, 3.8) is 0 Å². The van der Waals surface area contributed by atoms with Gasteiger partial charge in [-0.2, -0.15) is 0 Å². The maximum absolute atomic E-state index is 11.4. The van der Waals surface area contributed by atoms with E-state index in [2.05, 4.69) is 142 Å². The number of carbonyl (C=O) groups excluding carboxylic acids is 2. The van der Waals surface area contributed by atoms with Crippen LogP contribution in [0.25, 0.3) is 0 Å². The van der Waals surface area contributed by atoms with Crippen molar-refractivity contribution in [3.05, 3.63) is 180 Å². The minimum Gasteiger partial charge on any atom is -0.497 e. The highest BCUT2D eigenvalue weighted by Crippen LogP contribution is 2.46. The normalized spacial score (nSPS) is 13.3. The van der Waals surface area contributed by atoms with Crippen LogP contribution in [0.3, 0.4) is 0 Å². The Labute approximate surface area is 495 Å². The fourth-order valence-electron chi connectivity index (χ4n) is 11.3. The van der Waals surface area contributed by atoms with E-state index in [9.17, 15) is 9.59 Å². The Morgan fingerprint density at radius 2 is 0.827 bits per heavy atom.